The van der Waals surface area contributed by atoms with Gasteiger partial charge in [0.05, 0.1) is 12.5 Å². The molecule has 2 atom stereocenters. The third-order valence-corrected chi connectivity index (χ3v) is 3.51. The molecule has 2 heterocycles. The highest BCUT2D eigenvalue weighted by Crippen LogP contribution is 2.23. The number of nitrogens with zero attached hydrogens (tertiary/aromatic N) is 2. The Labute approximate surface area is 121 Å². The fourth-order valence-corrected chi connectivity index (χ4v) is 2.46. The molecule has 2 unspecified atom stereocenters. The van der Waals surface area contributed by atoms with E-state index in [0.29, 0.717) is 0 Å². The van der Waals surface area contributed by atoms with E-state index in [4.69, 9.17) is 4.99 Å². The van der Waals surface area contributed by atoms with Crippen molar-refractivity contribution in [1.82, 2.24) is 5.32 Å². The van der Waals surface area contributed by atoms with E-state index >= 15 is 0 Å². The van der Waals surface area contributed by atoms with Crippen molar-refractivity contribution >= 4 is 5.71 Å². The van der Waals surface area contributed by atoms with E-state index in [1.54, 1.807) is 6.08 Å². The summed E-state index contributed by atoms with van der Waals surface area (Å²) in [4.78, 5) is 9.28. The van der Waals surface area contributed by atoms with E-state index in [1.165, 1.54) is 5.71 Å². The van der Waals surface area contributed by atoms with Crippen LogP contribution in [0.25, 0.3) is 4.85 Å². The minimum atomic E-state index is 0.133. The number of hydrogen-bond donors (Lipinski definition) is 1. The van der Waals surface area contributed by atoms with Crippen LogP contribution in [0.5, 0.6) is 0 Å². The summed E-state index contributed by atoms with van der Waals surface area (Å²) in [7, 11) is 1.96. The highest BCUT2D eigenvalue weighted by atomic mass is 14.9. The van der Waals surface area contributed by atoms with Crippen LogP contribution in [0.15, 0.2) is 47.3 Å². The lowest BCUT2D eigenvalue weighted by Gasteiger charge is -2.21. The molecule has 0 amide bonds. The lowest BCUT2D eigenvalue weighted by Crippen LogP contribution is -2.35. The first-order chi connectivity index (χ1) is 9.85. The second-order valence-electron chi connectivity index (χ2n) is 4.96. The van der Waals surface area contributed by atoms with Crippen molar-refractivity contribution in [3.05, 3.63) is 47.2 Å². The summed E-state index contributed by atoms with van der Waals surface area (Å²) in [6.45, 7) is 3.71. The van der Waals surface area contributed by atoms with Crippen LogP contribution in [0.1, 0.15) is 32.1 Å². The van der Waals surface area contributed by atoms with Crippen molar-refractivity contribution in [2.75, 3.05) is 7.05 Å². The monoisotopic (exact) mass is 268 g/mol. The van der Waals surface area contributed by atoms with E-state index < -0.39 is 0 Å². The van der Waals surface area contributed by atoms with Crippen molar-refractivity contribution < 1.29 is 0 Å². The van der Waals surface area contributed by atoms with Gasteiger partial charge in [-0.05, 0) is 49.4 Å². The average Bonchev–Trinajstić information content (AvgIpc) is 2.77. The lowest BCUT2D eigenvalue weighted by atomic mass is 9.96. The van der Waals surface area contributed by atoms with Gasteiger partial charge in [0.2, 0.25) is 0 Å². The molecule has 0 radical (unpaired) electrons. The predicted octanol–water partition coefficient (Wildman–Crippen LogP) is 3.48. The van der Waals surface area contributed by atoms with Crippen LogP contribution < -0.4 is 5.32 Å². The van der Waals surface area contributed by atoms with Crippen LogP contribution in [-0.2, 0) is 0 Å². The van der Waals surface area contributed by atoms with Gasteiger partial charge in [0.1, 0.15) is 0 Å². The predicted molar refractivity (Wildman–Crippen MR) is 85.3 cm³/mol. The molecule has 0 aromatic heterocycles. The number of aliphatic imine (C=N–C) groups is 1. The fraction of sp³-hybridized carbons (Fsp3) is 0.471. The first-order valence-corrected chi connectivity index (χ1v) is 7.27. The molecule has 2 rings (SSSR count). The van der Waals surface area contributed by atoms with Gasteiger partial charge in [-0.2, -0.15) is 0 Å². The van der Waals surface area contributed by atoms with Gasteiger partial charge >= 0.3 is 5.70 Å². The Morgan fingerprint density at radius 3 is 3.30 bits per heavy atom. The zero-order valence-corrected chi connectivity index (χ0v) is 12.1. The Morgan fingerprint density at radius 1 is 1.60 bits per heavy atom. The van der Waals surface area contributed by atoms with Crippen LogP contribution in [0.2, 0.25) is 0 Å². The van der Waals surface area contributed by atoms with E-state index in [9.17, 15) is 0 Å². The second kappa shape index (κ2) is 7.65. The van der Waals surface area contributed by atoms with Crippen molar-refractivity contribution in [1.29, 1.82) is 0 Å². The van der Waals surface area contributed by atoms with Crippen LogP contribution in [-0.4, -0.2) is 24.8 Å². The Kier molecular flexibility index (Phi) is 5.55. The third kappa shape index (κ3) is 3.81. The average molecular weight is 268 g/mol. The summed E-state index contributed by atoms with van der Waals surface area (Å²) in [5.41, 5.74) is 5.40. The molecule has 0 spiro atoms. The van der Waals surface area contributed by atoms with Gasteiger partial charge in [-0.15, -0.1) is 0 Å². The summed E-state index contributed by atoms with van der Waals surface area (Å²) in [6, 6.07) is 3.38. The Morgan fingerprint density at radius 2 is 2.50 bits per heavy atom. The van der Waals surface area contributed by atoms with Gasteiger partial charge in [0, 0.05) is 5.71 Å². The molecule has 0 fully saturated rings. The topological polar surface area (TPSA) is 28.8 Å². The summed E-state index contributed by atoms with van der Waals surface area (Å²) in [5, 5.41) is 3.29. The van der Waals surface area contributed by atoms with E-state index in [1.807, 2.05) is 13.1 Å². The van der Waals surface area contributed by atoms with Gasteiger partial charge in [0.25, 0.3) is 6.07 Å². The number of likely N-dealkylation sites (N-methyl/N-ethyl adjacent to an activating group) is 1. The van der Waals surface area contributed by atoms with Crippen LogP contribution >= 0.6 is 0 Å². The number of hydrogen-bond acceptors (Lipinski definition) is 2. The van der Waals surface area contributed by atoms with Gasteiger partial charge in [-0.1, -0.05) is 24.8 Å². The molecule has 2 aliphatic rings. The summed E-state index contributed by atoms with van der Waals surface area (Å²) in [5.74, 6) is 0. The fourth-order valence-electron chi connectivity index (χ4n) is 2.46. The van der Waals surface area contributed by atoms with Crippen LogP contribution in [0.4, 0.5) is 0 Å². The smallest absolute Gasteiger partial charge is 0.309 e. The van der Waals surface area contributed by atoms with Gasteiger partial charge < -0.3 is 5.32 Å². The SMILES string of the molecule is C=C/C=C\C(NC)C1=NC(C2=C=CCCC#[N+]2)CCC1. The minimum Gasteiger partial charge on any atom is -0.309 e. The molecule has 0 saturated heterocycles. The zero-order valence-electron chi connectivity index (χ0n) is 12.1. The maximum atomic E-state index is 4.89. The highest BCUT2D eigenvalue weighted by molar-refractivity contribution is 5.92. The molecule has 104 valence electrons. The van der Waals surface area contributed by atoms with Crippen molar-refractivity contribution in [3.63, 3.8) is 0 Å². The van der Waals surface area contributed by atoms with E-state index in [0.717, 1.165) is 37.8 Å². The Balaban J connectivity index is 2.21. The van der Waals surface area contributed by atoms with Gasteiger partial charge in [-0.3, -0.25) is 4.99 Å². The van der Waals surface area contributed by atoms with Gasteiger partial charge in [-0.25, -0.2) is 0 Å². The zero-order chi connectivity index (χ0) is 14.2. The molecule has 2 aliphatic heterocycles. The normalized spacial score (nSPS) is 23.4. The molecule has 0 saturated carbocycles. The largest absolute Gasteiger partial charge is 0.383 e. The molecule has 1 N–H and O–H groups in total. The summed E-state index contributed by atoms with van der Waals surface area (Å²) in [6.07, 6.45) is 13.0. The molecule has 20 heavy (non-hydrogen) atoms. The maximum Gasteiger partial charge on any atom is 0.383 e. The van der Waals surface area contributed by atoms with E-state index in [-0.39, 0.29) is 12.1 Å². The quantitative estimate of drug-likeness (QED) is 0.600. The molecule has 0 bridgehead atoms. The number of allylic oxidation sites excluding steroid dienone is 2. The first kappa shape index (κ1) is 14.5. The highest BCUT2D eigenvalue weighted by Gasteiger charge is 2.28. The third-order valence-electron chi connectivity index (χ3n) is 3.51. The van der Waals surface area contributed by atoms with Crippen molar-refractivity contribution in [2.45, 2.75) is 44.2 Å². The lowest BCUT2D eigenvalue weighted by molar-refractivity contribution is 0.618. The second-order valence-corrected chi connectivity index (χ2v) is 4.96. The molecule has 0 aromatic rings. The first-order valence-electron chi connectivity index (χ1n) is 7.27. The van der Waals surface area contributed by atoms with Crippen LogP contribution in [0, 0.1) is 6.07 Å². The molecule has 0 aromatic carbocycles. The molecule has 3 nitrogen and oxygen atoms in total. The van der Waals surface area contributed by atoms with Gasteiger partial charge in [0.15, 0.2) is 6.04 Å². The van der Waals surface area contributed by atoms with Crippen LogP contribution in [0.3, 0.4) is 0 Å². The minimum absolute atomic E-state index is 0.133. The molecule has 3 heteroatoms. The molecule has 0 aliphatic carbocycles. The number of rotatable bonds is 5. The standard InChI is InChI=1S/C17H22N3/c1-3-4-9-14(18-2)16-11-8-12-17(20-16)15-10-6-5-7-13-19-15/h3-4,6,9,14,17-18H,1,5,7-8,11-12H2,2H3/q+1/b9-4-. The molecular weight excluding hydrogens is 246 g/mol. The summed E-state index contributed by atoms with van der Waals surface area (Å²) < 4.78 is 0. The Bertz CT molecular complexity index is 536. The Hall–Kier alpha value is -1.88. The maximum absolute atomic E-state index is 4.89. The number of nitrogens with one attached hydrogen (secondary N) is 1. The van der Waals surface area contributed by atoms with Crippen molar-refractivity contribution in [3.8, 4) is 6.07 Å². The molecular formula is C17H22N3+. The summed E-state index contributed by atoms with van der Waals surface area (Å²) >= 11 is 0. The van der Waals surface area contributed by atoms with E-state index in [2.05, 4.69) is 40.7 Å². The van der Waals surface area contributed by atoms with Crippen molar-refractivity contribution in [2.24, 2.45) is 4.99 Å².